The second-order valence-corrected chi connectivity index (χ2v) is 2.85. The molecule has 0 aliphatic rings. The number of pyridine rings is 1. The highest BCUT2D eigenvalue weighted by Crippen LogP contribution is 1.88. The van der Waals surface area contributed by atoms with E-state index in [-0.39, 0.29) is 17.0 Å². The summed E-state index contributed by atoms with van der Waals surface area (Å²) in [6.45, 7) is 0.633. The summed E-state index contributed by atoms with van der Waals surface area (Å²) in [4.78, 5) is 10.4. The highest BCUT2D eigenvalue weighted by atomic mass is 79.9. The van der Waals surface area contributed by atoms with E-state index in [4.69, 9.17) is 10.8 Å². The number of halogens is 1. The summed E-state index contributed by atoms with van der Waals surface area (Å²) in [6, 6.07) is 4.93. The van der Waals surface area contributed by atoms with Crippen LogP contribution in [-0.2, 0) is 11.3 Å². The Hall–Kier alpha value is -0.940. The fraction of sp³-hybridized carbons (Fsp3) is 0.333. The summed E-state index contributed by atoms with van der Waals surface area (Å²) in [5.41, 5.74) is 5.35. The van der Waals surface area contributed by atoms with Crippen LogP contribution in [0.1, 0.15) is 6.42 Å². The lowest BCUT2D eigenvalue weighted by Gasteiger charge is -2.02. The Morgan fingerprint density at radius 3 is 2.43 bits per heavy atom. The molecule has 0 radical (unpaired) electrons. The van der Waals surface area contributed by atoms with Gasteiger partial charge in [-0.15, -0.1) is 0 Å². The lowest BCUT2D eigenvalue weighted by molar-refractivity contribution is -0.697. The van der Waals surface area contributed by atoms with Gasteiger partial charge in [-0.3, -0.25) is 4.79 Å². The van der Waals surface area contributed by atoms with Crippen LogP contribution in [0.3, 0.4) is 0 Å². The number of hydrogen-bond acceptors (Lipinski definition) is 2. The molecule has 0 spiro atoms. The molecule has 0 saturated heterocycles. The van der Waals surface area contributed by atoms with E-state index < -0.39 is 12.0 Å². The van der Waals surface area contributed by atoms with Gasteiger partial charge in [0.15, 0.2) is 18.9 Å². The third-order valence-electron chi connectivity index (χ3n) is 1.79. The number of carbonyl (C=O) groups is 1. The number of nitrogens with two attached hydrogens (primary N) is 1. The molecule has 14 heavy (non-hydrogen) atoms. The molecule has 0 fully saturated rings. The Labute approximate surface area is 93.1 Å². The van der Waals surface area contributed by atoms with Crippen LogP contribution in [0.4, 0.5) is 0 Å². The molecule has 0 saturated carbocycles. The smallest absolute Gasteiger partial charge is 0.320 e. The van der Waals surface area contributed by atoms with E-state index in [1.54, 1.807) is 0 Å². The van der Waals surface area contributed by atoms with Gasteiger partial charge < -0.3 is 27.8 Å². The molecule has 1 atom stereocenters. The first kappa shape index (κ1) is 13.1. The molecule has 0 aliphatic heterocycles. The van der Waals surface area contributed by atoms with E-state index in [0.29, 0.717) is 13.0 Å². The predicted molar refractivity (Wildman–Crippen MR) is 46.9 cm³/mol. The minimum absolute atomic E-state index is 0. The van der Waals surface area contributed by atoms with Gasteiger partial charge in [-0.05, 0) is 0 Å². The minimum atomic E-state index is -0.948. The number of aliphatic carboxylic acids is 1. The number of carboxylic acids is 1. The lowest BCUT2D eigenvalue weighted by atomic mass is 10.2. The number of rotatable bonds is 4. The molecule has 0 aromatic carbocycles. The molecule has 1 aromatic heterocycles. The van der Waals surface area contributed by atoms with E-state index >= 15 is 0 Å². The zero-order chi connectivity index (χ0) is 9.68. The number of carboxylic acid groups (broad SMARTS) is 1. The maximum absolute atomic E-state index is 10.4. The number of nitrogens with zero attached hydrogens (tertiary/aromatic N) is 1. The molecular formula is C9H13BrN2O2. The molecule has 4 nitrogen and oxygen atoms in total. The molecule has 0 unspecified atom stereocenters. The average molecular weight is 261 g/mol. The molecule has 78 valence electrons. The van der Waals surface area contributed by atoms with E-state index in [2.05, 4.69) is 0 Å². The first-order chi connectivity index (χ1) is 6.20. The molecule has 1 heterocycles. The SMILES string of the molecule is N[C@@H](CC[n+]1ccccc1)C(=O)O.[Br-]. The van der Waals surface area contributed by atoms with Crippen molar-refractivity contribution in [1.29, 1.82) is 0 Å². The summed E-state index contributed by atoms with van der Waals surface area (Å²) in [5.74, 6) is -0.948. The number of hydrogen-bond donors (Lipinski definition) is 2. The van der Waals surface area contributed by atoms with E-state index in [0.717, 1.165) is 0 Å². The van der Waals surface area contributed by atoms with Crippen molar-refractivity contribution in [2.24, 2.45) is 5.73 Å². The summed E-state index contributed by atoms with van der Waals surface area (Å²) in [5, 5.41) is 8.53. The zero-order valence-electron chi connectivity index (χ0n) is 7.64. The van der Waals surface area contributed by atoms with E-state index in [1.807, 2.05) is 35.2 Å². The van der Waals surface area contributed by atoms with Crippen molar-refractivity contribution in [1.82, 2.24) is 0 Å². The van der Waals surface area contributed by atoms with E-state index in [1.165, 1.54) is 0 Å². The fourth-order valence-corrected chi connectivity index (χ4v) is 0.995. The average Bonchev–Trinajstić information content (AvgIpc) is 2.15. The van der Waals surface area contributed by atoms with Crippen LogP contribution in [0.5, 0.6) is 0 Å². The first-order valence-corrected chi connectivity index (χ1v) is 4.12. The van der Waals surface area contributed by atoms with Crippen LogP contribution >= 0.6 is 0 Å². The summed E-state index contributed by atoms with van der Waals surface area (Å²) < 4.78 is 1.91. The second-order valence-electron chi connectivity index (χ2n) is 2.85. The minimum Gasteiger partial charge on any atom is -1.00 e. The Morgan fingerprint density at radius 2 is 1.93 bits per heavy atom. The van der Waals surface area contributed by atoms with Gasteiger partial charge in [-0.1, -0.05) is 6.07 Å². The second kappa shape index (κ2) is 6.50. The summed E-state index contributed by atoms with van der Waals surface area (Å²) in [6.07, 6.45) is 4.22. The van der Waals surface area contributed by atoms with Gasteiger partial charge in [0.1, 0.15) is 6.04 Å². The standard InChI is InChI=1S/C9H12N2O2.BrH/c10-8(9(12)13)4-7-11-5-2-1-3-6-11;/h1-3,5-6,8H,4,7,10H2;1H/t8-;/m0./s1. The van der Waals surface area contributed by atoms with Gasteiger partial charge >= 0.3 is 5.97 Å². The van der Waals surface area contributed by atoms with Crippen LogP contribution in [0, 0.1) is 0 Å². The van der Waals surface area contributed by atoms with Crippen molar-refractivity contribution < 1.29 is 31.4 Å². The fourth-order valence-electron chi connectivity index (χ4n) is 0.995. The van der Waals surface area contributed by atoms with Gasteiger partial charge in [-0.25, -0.2) is 4.57 Å². The lowest BCUT2D eigenvalue weighted by Crippen LogP contribution is -3.00. The Kier molecular flexibility index (Phi) is 6.07. The molecule has 0 aliphatic carbocycles. The molecule has 0 amide bonds. The first-order valence-electron chi connectivity index (χ1n) is 4.12. The molecule has 5 heteroatoms. The van der Waals surface area contributed by atoms with Gasteiger partial charge in [0.2, 0.25) is 0 Å². The third kappa shape index (κ3) is 4.34. The summed E-state index contributed by atoms with van der Waals surface area (Å²) in [7, 11) is 0. The van der Waals surface area contributed by atoms with Gasteiger partial charge in [0.25, 0.3) is 0 Å². The zero-order valence-corrected chi connectivity index (χ0v) is 9.22. The largest absolute Gasteiger partial charge is 1.00 e. The Morgan fingerprint density at radius 1 is 1.36 bits per heavy atom. The molecule has 1 rings (SSSR count). The molecule has 3 N–H and O–H groups in total. The molecule has 0 bridgehead atoms. The predicted octanol–water partition coefficient (Wildman–Crippen LogP) is -3.22. The third-order valence-corrected chi connectivity index (χ3v) is 1.79. The number of aromatic nitrogens is 1. The highest BCUT2D eigenvalue weighted by molar-refractivity contribution is 5.72. The van der Waals surface area contributed by atoms with Crippen molar-refractivity contribution in [3.8, 4) is 0 Å². The van der Waals surface area contributed by atoms with Crippen LogP contribution in [0.15, 0.2) is 30.6 Å². The maximum atomic E-state index is 10.4. The molecular weight excluding hydrogens is 248 g/mol. The van der Waals surface area contributed by atoms with Crippen molar-refractivity contribution in [3.63, 3.8) is 0 Å². The van der Waals surface area contributed by atoms with Crippen molar-refractivity contribution in [2.45, 2.75) is 19.0 Å². The van der Waals surface area contributed by atoms with E-state index in [9.17, 15) is 4.79 Å². The maximum Gasteiger partial charge on any atom is 0.320 e. The van der Waals surface area contributed by atoms with Crippen molar-refractivity contribution in [2.75, 3.05) is 0 Å². The van der Waals surface area contributed by atoms with Crippen molar-refractivity contribution >= 4 is 5.97 Å². The van der Waals surface area contributed by atoms with Crippen LogP contribution in [-0.4, -0.2) is 17.1 Å². The Balaban J connectivity index is 0.00000169. The summed E-state index contributed by atoms with van der Waals surface area (Å²) >= 11 is 0. The van der Waals surface area contributed by atoms with Crippen LogP contribution < -0.4 is 27.3 Å². The topological polar surface area (TPSA) is 67.2 Å². The van der Waals surface area contributed by atoms with Crippen LogP contribution in [0.2, 0.25) is 0 Å². The van der Waals surface area contributed by atoms with Crippen molar-refractivity contribution in [3.05, 3.63) is 30.6 Å². The highest BCUT2D eigenvalue weighted by Gasteiger charge is 2.12. The van der Waals surface area contributed by atoms with Gasteiger partial charge in [0.05, 0.1) is 0 Å². The normalized spacial score (nSPS) is 11.5. The monoisotopic (exact) mass is 260 g/mol. The Bertz CT molecular complexity index is 279. The van der Waals surface area contributed by atoms with Gasteiger partial charge in [0, 0.05) is 18.6 Å². The molecule has 1 aromatic rings. The number of aryl methyl sites for hydroxylation is 1. The van der Waals surface area contributed by atoms with Gasteiger partial charge in [-0.2, -0.15) is 0 Å². The van der Waals surface area contributed by atoms with Crippen LogP contribution in [0.25, 0.3) is 0 Å². The quantitative estimate of drug-likeness (QED) is 0.560.